The Kier molecular flexibility index (Phi) is 6.13. The van der Waals surface area contributed by atoms with E-state index in [0.29, 0.717) is 18.7 Å². The van der Waals surface area contributed by atoms with Gasteiger partial charge in [-0.1, -0.05) is 48.5 Å². The van der Waals surface area contributed by atoms with Crippen molar-refractivity contribution in [2.24, 2.45) is 0 Å². The maximum absolute atomic E-state index is 14.0. The molecule has 1 fully saturated rings. The van der Waals surface area contributed by atoms with Crippen LogP contribution in [0.2, 0.25) is 0 Å². The summed E-state index contributed by atoms with van der Waals surface area (Å²) in [5.74, 6) is -0.305. The third-order valence-electron chi connectivity index (χ3n) is 4.15. The van der Waals surface area contributed by atoms with Gasteiger partial charge in [0, 0.05) is 19.5 Å². The van der Waals surface area contributed by atoms with Crippen LogP contribution < -0.4 is 5.32 Å². The molecule has 0 unspecified atom stereocenters. The molecule has 2 aromatic rings. The SMILES string of the molecule is Cl.O[C@@](Cc1ccccc1F)(c1ccccc1)[C@H]1CNCCO1. The molecule has 124 valence electrons. The van der Waals surface area contributed by atoms with Crippen molar-refractivity contribution >= 4 is 12.4 Å². The predicted octanol–water partition coefficient (Wildman–Crippen LogP) is 2.67. The Morgan fingerprint density at radius 3 is 2.48 bits per heavy atom. The monoisotopic (exact) mass is 337 g/mol. The minimum absolute atomic E-state index is 0. The third kappa shape index (κ3) is 3.90. The Labute approximate surface area is 141 Å². The first kappa shape index (κ1) is 17.9. The predicted molar refractivity (Wildman–Crippen MR) is 90.3 cm³/mol. The minimum atomic E-state index is -1.27. The van der Waals surface area contributed by atoms with Gasteiger partial charge in [0.05, 0.1) is 6.61 Å². The summed E-state index contributed by atoms with van der Waals surface area (Å²) < 4.78 is 19.8. The average Bonchev–Trinajstić information content (AvgIpc) is 2.58. The van der Waals surface area contributed by atoms with Gasteiger partial charge in [-0.15, -0.1) is 12.4 Å². The van der Waals surface area contributed by atoms with Crippen molar-refractivity contribution in [2.45, 2.75) is 18.1 Å². The fourth-order valence-corrected chi connectivity index (χ4v) is 2.93. The van der Waals surface area contributed by atoms with Crippen LogP contribution in [0.4, 0.5) is 4.39 Å². The van der Waals surface area contributed by atoms with E-state index in [9.17, 15) is 9.50 Å². The molecule has 2 atom stereocenters. The Balaban J connectivity index is 0.00000192. The van der Waals surface area contributed by atoms with Crippen LogP contribution in [-0.4, -0.2) is 30.9 Å². The molecule has 1 heterocycles. The minimum Gasteiger partial charge on any atom is -0.382 e. The van der Waals surface area contributed by atoms with Crippen LogP contribution in [0, 0.1) is 5.82 Å². The number of morpholine rings is 1. The number of nitrogens with one attached hydrogen (secondary N) is 1. The van der Waals surface area contributed by atoms with E-state index in [4.69, 9.17) is 4.74 Å². The van der Waals surface area contributed by atoms with Crippen molar-refractivity contribution in [2.75, 3.05) is 19.7 Å². The lowest BCUT2D eigenvalue weighted by Gasteiger charge is -2.39. The third-order valence-corrected chi connectivity index (χ3v) is 4.15. The maximum atomic E-state index is 14.0. The molecule has 3 nitrogen and oxygen atoms in total. The van der Waals surface area contributed by atoms with Gasteiger partial charge in [-0.3, -0.25) is 0 Å². The summed E-state index contributed by atoms with van der Waals surface area (Å²) in [6.45, 7) is 1.85. The Morgan fingerprint density at radius 2 is 1.83 bits per heavy atom. The smallest absolute Gasteiger partial charge is 0.126 e. The van der Waals surface area contributed by atoms with Crippen molar-refractivity contribution in [3.05, 3.63) is 71.5 Å². The standard InChI is InChI=1S/C18H20FNO2.ClH/c19-16-9-5-4-6-14(16)12-18(21,15-7-2-1-3-8-15)17-13-20-10-11-22-17;/h1-9,17,20-21H,10-13H2;1H/t17-,18+;/m1./s1. The second-order valence-corrected chi connectivity index (χ2v) is 5.62. The fraction of sp³-hybridized carbons (Fsp3) is 0.333. The molecule has 0 spiro atoms. The van der Waals surface area contributed by atoms with Gasteiger partial charge in [-0.25, -0.2) is 4.39 Å². The lowest BCUT2D eigenvalue weighted by molar-refractivity contribution is -0.124. The van der Waals surface area contributed by atoms with Gasteiger partial charge in [-0.2, -0.15) is 0 Å². The van der Waals surface area contributed by atoms with E-state index < -0.39 is 11.7 Å². The van der Waals surface area contributed by atoms with E-state index in [0.717, 1.165) is 12.1 Å². The van der Waals surface area contributed by atoms with Crippen LogP contribution >= 0.6 is 12.4 Å². The molecule has 0 aliphatic carbocycles. The van der Waals surface area contributed by atoms with Crippen LogP contribution in [0.15, 0.2) is 54.6 Å². The molecule has 1 aliphatic heterocycles. The molecule has 2 N–H and O–H groups in total. The molecule has 3 rings (SSSR count). The van der Waals surface area contributed by atoms with Gasteiger partial charge in [0.1, 0.15) is 17.5 Å². The zero-order chi connectivity index (χ0) is 15.4. The topological polar surface area (TPSA) is 41.5 Å². The lowest BCUT2D eigenvalue weighted by Crippen LogP contribution is -2.52. The van der Waals surface area contributed by atoms with Crippen molar-refractivity contribution in [3.8, 4) is 0 Å². The first-order chi connectivity index (χ1) is 10.7. The summed E-state index contributed by atoms with van der Waals surface area (Å²) in [5, 5.41) is 14.6. The highest BCUT2D eigenvalue weighted by atomic mass is 35.5. The van der Waals surface area contributed by atoms with Crippen LogP contribution in [0.3, 0.4) is 0 Å². The Hall–Kier alpha value is -1.46. The second-order valence-electron chi connectivity index (χ2n) is 5.62. The van der Waals surface area contributed by atoms with Crippen molar-refractivity contribution < 1.29 is 14.2 Å². The summed E-state index contributed by atoms with van der Waals surface area (Å²) in [6.07, 6.45) is -0.237. The van der Waals surface area contributed by atoms with Crippen LogP contribution in [0.25, 0.3) is 0 Å². The molecule has 0 radical (unpaired) electrons. The molecule has 5 heteroatoms. The molecule has 0 aromatic heterocycles. The average molecular weight is 338 g/mol. The number of ether oxygens (including phenoxy) is 1. The van der Waals surface area contributed by atoms with E-state index in [1.54, 1.807) is 18.2 Å². The molecule has 2 aromatic carbocycles. The van der Waals surface area contributed by atoms with Gasteiger partial charge in [0.15, 0.2) is 0 Å². The summed E-state index contributed by atoms with van der Waals surface area (Å²) >= 11 is 0. The second kappa shape index (κ2) is 7.88. The fourth-order valence-electron chi connectivity index (χ4n) is 2.93. The molecule has 23 heavy (non-hydrogen) atoms. The maximum Gasteiger partial charge on any atom is 0.126 e. The zero-order valence-electron chi connectivity index (χ0n) is 12.7. The number of rotatable bonds is 4. The van der Waals surface area contributed by atoms with Crippen molar-refractivity contribution in [1.82, 2.24) is 5.32 Å². The summed E-state index contributed by atoms with van der Waals surface area (Å²) in [5.41, 5.74) is -0.0355. The number of halogens is 2. The van der Waals surface area contributed by atoms with E-state index >= 15 is 0 Å². The highest BCUT2D eigenvalue weighted by Crippen LogP contribution is 2.32. The highest BCUT2D eigenvalue weighted by molar-refractivity contribution is 5.85. The van der Waals surface area contributed by atoms with Crippen LogP contribution in [0.1, 0.15) is 11.1 Å². The molecule has 0 amide bonds. The molecule has 1 aliphatic rings. The molecule has 0 saturated carbocycles. The van der Waals surface area contributed by atoms with E-state index in [-0.39, 0.29) is 24.6 Å². The zero-order valence-corrected chi connectivity index (χ0v) is 13.6. The van der Waals surface area contributed by atoms with E-state index in [1.807, 2.05) is 30.3 Å². The van der Waals surface area contributed by atoms with Gasteiger partial charge in [0.2, 0.25) is 0 Å². The van der Waals surface area contributed by atoms with E-state index in [2.05, 4.69) is 5.32 Å². The lowest BCUT2D eigenvalue weighted by atomic mass is 9.82. The molecular weight excluding hydrogens is 317 g/mol. The number of hydrogen-bond donors (Lipinski definition) is 2. The molecule has 0 bridgehead atoms. The summed E-state index contributed by atoms with van der Waals surface area (Å²) in [4.78, 5) is 0. The Morgan fingerprint density at radius 1 is 1.13 bits per heavy atom. The van der Waals surface area contributed by atoms with Gasteiger partial charge < -0.3 is 15.2 Å². The summed E-state index contributed by atoms with van der Waals surface area (Å²) in [6, 6.07) is 15.9. The highest BCUT2D eigenvalue weighted by Gasteiger charge is 2.40. The van der Waals surface area contributed by atoms with Crippen LogP contribution in [-0.2, 0) is 16.8 Å². The number of benzene rings is 2. The summed E-state index contributed by atoms with van der Waals surface area (Å²) in [7, 11) is 0. The Bertz CT molecular complexity index is 619. The first-order valence-corrected chi connectivity index (χ1v) is 7.54. The van der Waals surface area contributed by atoms with Crippen molar-refractivity contribution in [3.63, 3.8) is 0 Å². The number of aliphatic hydroxyl groups is 1. The quantitative estimate of drug-likeness (QED) is 0.901. The van der Waals surface area contributed by atoms with Gasteiger partial charge in [0.25, 0.3) is 0 Å². The normalized spacial score (nSPS) is 20.3. The first-order valence-electron chi connectivity index (χ1n) is 7.54. The van der Waals surface area contributed by atoms with Crippen LogP contribution in [0.5, 0.6) is 0 Å². The van der Waals surface area contributed by atoms with Crippen molar-refractivity contribution in [1.29, 1.82) is 0 Å². The molecule has 1 saturated heterocycles. The number of hydrogen-bond acceptors (Lipinski definition) is 3. The van der Waals surface area contributed by atoms with Gasteiger partial charge >= 0.3 is 0 Å². The van der Waals surface area contributed by atoms with Gasteiger partial charge in [-0.05, 0) is 17.2 Å². The van der Waals surface area contributed by atoms with E-state index in [1.165, 1.54) is 6.07 Å². The largest absolute Gasteiger partial charge is 0.382 e. The molecular formula is C18H21ClFNO2.